The first-order chi connectivity index (χ1) is 15.5. The van der Waals surface area contributed by atoms with Crippen molar-refractivity contribution < 1.29 is 28.2 Å². The van der Waals surface area contributed by atoms with Crippen molar-refractivity contribution in [3.05, 3.63) is 53.3 Å². The summed E-state index contributed by atoms with van der Waals surface area (Å²) in [5.41, 5.74) is 3.27. The van der Waals surface area contributed by atoms with Crippen LogP contribution in [0.3, 0.4) is 0 Å². The zero-order chi connectivity index (χ0) is 22.6. The molecular formula is C23H22FN3O5. The Balaban J connectivity index is 1.49. The zero-order valence-corrected chi connectivity index (χ0v) is 17.2. The molecule has 0 aromatic heterocycles. The normalized spacial score (nSPS) is 20.4. The summed E-state index contributed by atoms with van der Waals surface area (Å²) in [6.45, 7) is 1.25. The second-order valence-corrected chi connectivity index (χ2v) is 7.63. The summed E-state index contributed by atoms with van der Waals surface area (Å²) >= 11 is 0. The number of amides is 1. The largest absolute Gasteiger partial charge is 0.488 e. The van der Waals surface area contributed by atoms with Gasteiger partial charge in [-0.05, 0) is 42.3 Å². The number of hydrogen-bond acceptors (Lipinski definition) is 7. The topological polar surface area (TPSA) is 110 Å². The number of rotatable bonds is 6. The fraction of sp³-hybridized carbons (Fsp3) is 0.348. The first kappa shape index (κ1) is 21.7. The second kappa shape index (κ2) is 9.34. The number of benzene rings is 2. The van der Waals surface area contributed by atoms with E-state index in [4.69, 9.17) is 14.2 Å². The first-order valence-corrected chi connectivity index (χ1v) is 10.3. The fourth-order valence-electron chi connectivity index (χ4n) is 3.86. The molecule has 0 spiro atoms. The average Bonchev–Trinajstić information content (AvgIpc) is 3.05. The molecule has 4 rings (SSSR count). The van der Waals surface area contributed by atoms with E-state index in [1.54, 1.807) is 12.1 Å². The van der Waals surface area contributed by atoms with Gasteiger partial charge in [0.05, 0.1) is 19.2 Å². The number of halogens is 1. The lowest BCUT2D eigenvalue weighted by Crippen LogP contribution is -2.57. The molecule has 32 heavy (non-hydrogen) atoms. The zero-order valence-electron chi connectivity index (χ0n) is 17.2. The molecule has 0 saturated carbocycles. The number of hydrogen-bond donors (Lipinski definition) is 2. The van der Waals surface area contributed by atoms with Crippen LogP contribution in [0.5, 0.6) is 5.75 Å². The Kier molecular flexibility index (Phi) is 6.35. The van der Waals surface area contributed by atoms with Gasteiger partial charge in [-0.1, -0.05) is 18.2 Å². The van der Waals surface area contributed by atoms with Crippen molar-refractivity contribution in [3.8, 4) is 22.9 Å². The van der Waals surface area contributed by atoms with Gasteiger partial charge >= 0.3 is 5.79 Å². The Bertz CT molecular complexity index is 1060. The number of nitriles is 1. The van der Waals surface area contributed by atoms with Crippen LogP contribution in [-0.2, 0) is 32.1 Å². The van der Waals surface area contributed by atoms with E-state index < -0.39 is 17.7 Å². The number of nitrogens with zero attached hydrogens (tertiary/aromatic N) is 1. The van der Waals surface area contributed by atoms with Gasteiger partial charge in [-0.2, -0.15) is 5.26 Å². The number of carbonyl (C=O) groups is 2. The Morgan fingerprint density at radius 1 is 1.34 bits per heavy atom. The van der Waals surface area contributed by atoms with Gasteiger partial charge in [0.2, 0.25) is 0 Å². The third kappa shape index (κ3) is 4.42. The first-order valence-electron chi connectivity index (χ1n) is 10.3. The lowest BCUT2D eigenvalue weighted by atomic mass is 9.94. The van der Waals surface area contributed by atoms with Crippen molar-refractivity contribution in [3.63, 3.8) is 0 Å². The molecular weight excluding hydrogens is 417 g/mol. The molecule has 2 aromatic carbocycles. The SMILES string of the molecule is N#CC(Cc1ccc2c(c1)OCc1cc(F)ccc1-2)NC(=O)[C@@]1(OC=O)CNCCCO1. The highest BCUT2D eigenvalue weighted by molar-refractivity contribution is 5.85. The van der Waals surface area contributed by atoms with Gasteiger partial charge in [0.15, 0.2) is 0 Å². The molecule has 2 aliphatic rings. The third-order valence-electron chi connectivity index (χ3n) is 5.46. The van der Waals surface area contributed by atoms with Crippen molar-refractivity contribution in [2.75, 3.05) is 19.7 Å². The maximum atomic E-state index is 13.5. The van der Waals surface area contributed by atoms with E-state index in [1.165, 1.54) is 12.1 Å². The van der Waals surface area contributed by atoms with E-state index in [0.29, 0.717) is 18.7 Å². The lowest BCUT2D eigenvalue weighted by molar-refractivity contribution is -0.215. The molecule has 2 aliphatic heterocycles. The van der Waals surface area contributed by atoms with E-state index in [0.717, 1.165) is 22.3 Å². The minimum atomic E-state index is -1.81. The van der Waals surface area contributed by atoms with Crippen LogP contribution >= 0.6 is 0 Å². The minimum absolute atomic E-state index is 0.0115. The number of carbonyl (C=O) groups excluding carboxylic acids is 2. The lowest BCUT2D eigenvalue weighted by Gasteiger charge is -2.29. The molecule has 2 aromatic rings. The Morgan fingerprint density at radius 3 is 3.00 bits per heavy atom. The predicted octanol–water partition coefficient (Wildman–Crippen LogP) is 1.82. The van der Waals surface area contributed by atoms with Crippen LogP contribution in [0.25, 0.3) is 11.1 Å². The van der Waals surface area contributed by atoms with Crippen LogP contribution in [0.1, 0.15) is 17.5 Å². The Morgan fingerprint density at radius 2 is 2.19 bits per heavy atom. The maximum Gasteiger partial charge on any atom is 0.305 e. The highest BCUT2D eigenvalue weighted by Crippen LogP contribution is 2.38. The van der Waals surface area contributed by atoms with Crippen LogP contribution in [0.15, 0.2) is 36.4 Å². The fourth-order valence-corrected chi connectivity index (χ4v) is 3.86. The minimum Gasteiger partial charge on any atom is -0.488 e. The van der Waals surface area contributed by atoms with Gasteiger partial charge in [0.25, 0.3) is 12.4 Å². The van der Waals surface area contributed by atoms with Gasteiger partial charge in [0.1, 0.15) is 24.2 Å². The summed E-state index contributed by atoms with van der Waals surface area (Å²) in [4.78, 5) is 23.8. The van der Waals surface area contributed by atoms with Crippen LogP contribution in [0.2, 0.25) is 0 Å². The van der Waals surface area contributed by atoms with E-state index in [2.05, 4.69) is 16.7 Å². The molecule has 2 N–H and O–H groups in total. The molecule has 0 bridgehead atoms. The molecule has 8 nitrogen and oxygen atoms in total. The molecule has 1 unspecified atom stereocenters. The van der Waals surface area contributed by atoms with Gasteiger partial charge < -0.3 is 24.8 Å². The molecule has 1 saturated heterocycles. The van der Waals surface area contributed by atoms with Crippen LogP contribution in [0, 0.1) is 17.1 Å². The van der Waals surface area contributed by atoms with E-state index in [-0.39, 0.29) is 38.5 Å². The number of ether oxygens (including phenoxy) is 3. The predicted molar refractivity (Wildman–Crippen MR) is 111 cm³/mol. The monoisotopic (exact) mass is 439 g/mol. The second-order valence-electron chi connectivity index (χ2n) is 7.63. The maximum absolute atomic E-state index is 13.5. The van der Waals surface area contributed by atoms with Crippen molar-refractivity contribution >= 4 is 12.4 Å². The summed E-state index contributed by atoms with van der Waals surface area (Å²) in [6, 6.07) is 11.2. The van der Waals surface area contributed by atoms with Crippen molar-refractivity contribution in [2.24, 2.45) is 0 Å². The van der Waals surface area contributed by atoms with Gasteiger partial charge in [0, 0.05) is 17.5 Å². The molecule has 0 aliphatic carbocycles. The van der Waals surface area contributed by atoms with Crippen molar-refractivity contribution in [1.29, 1.82) is 5.26 Å². The Labute approximate surface area is 184 Å². The summed E-state index contributed by atoms with van der Waals surface area (Å²) < 4.78 is 29.8. The van der Waals surface area contributed by atoms with Crippen LogP contribution < -0.4 is 15.4 Å². The molecule has 166 valence electrons. The summed E-state index contributed by atoms with van der Waals surface area (Å²) in [6.07, 6.45) is 0.865. The number of nitrogens with one attached hydrogen (secondary N) is 2. The van der Waals surface area contributed by atoms with Crippen LogP contribution in [0.4, 0.5) is 4.39 Å². The summed E-state index contributed by atoms with van der Waals surface area (Å²) in [5.74, 6) is -2.20. The standard InChI is InChI=1S/C23H22FN3O5/c24-17-3-5-19-16(10-17)12-30-21-9-15(2-4-20(19)21)8-18(11-25)27-22(29)23(32-14-28)13-26-6-1-7-31-23/h2-5,9-10,14,18,26H,1,6-8,12-13H2,(H,27,29)/t18?,23-/m0/s1. The molecule has 2 atom stereocenters. The molecule has 2 heterocycles. The van der Waals surface area contributed by atoms with Gasteiger partial charge in [-0.25, -0.2) is 4.39 Å². The van der Waals surface area contributed by atoms with Crippen molar-refractivity contribution in [1.82, 2.24) is 10.6 Å². The summed E-state index contributed by atoms with van der Waals surface area (Å²) in [5, 5.41) is 15.2. The Hall–Kier alpha value is -3.48. The van der Waals surface area contributed by atoms with Gasteiger partial charge in [-0.15, -0.1) is 0 Å². The smallest absolute Gasteiger partial charge is 0.305 e. The molecule has 0 radical (unpaired) electrons. The summed E-state index contributed by atoms with van der Waals surface area (Å²) in [7, 11) is 0. The van der Waals surface area contributed by atoms with E-state index in [1.807, 2.05) is 12.1 Å². The third-order valence-corrected chi connectivity index (χ3v) is 5.46. The highest BCUT2D eigenvalue weighted by atomic mass is 19.1. The van der Waals surface area contributed by atoms with Crippen LogP contribution in [-0.4, -0.2) is 43.9 Å². The van der Waals surface area contributed by atoms with E-state index in [9.17, 15) is 19.2 Å². The molecule has 9 heteroatoms. The average molecular weight is 439 g/mol. The number of fused-ring (bicyclic) bond motifs is 3. The molecule has 1 amide bonds. The van der Waals surface area contributed by atoms with E-state index >= 15 is 0 Å². The van der Waals surface area contributed by atoms with Crippen molar-refractivity contribution in [2.45, 2.75) is 31.3 Å². The van der Waals surface area contributed by atoms with Gasteiger partial charge in [-0.3, -0.25) is 9.59 Å². The highest BCUT2D eigenvalue weighted by Gasteiger charge is 2.43. The quantitative estimate of drug-likeness (QED) is 0.661. The molecule has 1 fully saturated rings.